The smallest absolute Gasteiger partial charge is 0.308 e. The van der Waals surface area contributed by atoms with Crippen LogP contribution in [-0.4, -0.2) is 30.9 Å². The zero-order valence-corrected chi connectivity index (χ0v) is 14.4. The van der Waals surface area contributed by atoms with Crippen molar-refractivity contribution in [2.45, 2.75) is 6.42 Å². The van der Waals surface area contributed by atoms with Crippen molar-refractivity contribution in [3.63, 3.8) is 0 Å². The number of benzene rings is 1. The van der Waals surface area contributed by atoms with Gasteiger partial charge in [-0.15, -0.1) is 0 Å². The molecule has 0 spiro atoms. The van der Waals surface area contributed by atoms with E-state index in [-0.39, 0.29) is 23.7 Å². The molecule has 2 aromatic rings. The van der Waals surface area contributed by atoms with Gasteiger partial charge in [0.1, 0.15) is 0 Å². The second-order valence-corrected chi connectivity index (χ2v) is 5.58. The van der Waals surface area contributed by atoms with Gasteiger partial charge in [-0.2, -0.15) is 0 Å². The Morgan fingerprint density at radius 2 is 1.92 bits per heavy atom. The number of halogens is 2. The SMILES string of the molecule is O=C(COC(=O)CCNC(=O)c1ccco1)Nc1cccc(Cl)c1Cl. The Kier molecular flexibility index (Phi) is 6.85. The van der Waals surface area contributed by atoms with E-state index in [0.29, 0.717) is 10.7 Å². The highest BCUT2D eigenvalue weighted by atomic mass is 35.5. The quantitative estimate of drug-likeness (QED) is 0.715. The number of furan rings is 1. The highest BCUT2D eigenvalue weighted by Crippen LogP contribution is 2.29. The topological polar surface area (TPSA) is 97.6 Å². The van der Waals surface area contributed by atoms with Crippen LogP contribution < -0.4 is 10.6 Å². The monoisotopic (exact) mass is 384 g/mol. The Hall–Kier alpha value is -2.51. The van der Waals surface area contributed by atoms with E-state index in [4.69, 9.17) is 32.4 Å². The second-order valence-electron chi connectivity index (χ2n) is 4.79. The first kappa shape index (κ1) is 18.8. The number of esters is 1. The average Bonchev–Trinajstić information content (AvgIpc) is 3.12. The van der Waals surface area contributed by atoms with Gasteiger partial charge in [-0.3, -0.25) is 14.4 Å². The molecule has 132 valence electrons. The molecule has 0 saturated heterocycles. The standard InChI is InChI=1S/C16H14Cl2N2O5/c17-10-3-1-4-11(15(10)18)20-13(21)9-25-14(22)6-7-19-16(23)12-5-2-8-24-12/h1-5,8H,6-7,9H2,(H,19,23)(H,20,21). The molecule has 1 aromatic carbocycles. The van der Waals surface area contributed by atoms with Crippen molar-refractivity contribution in [2.24, 2.45) is 0 Å². The lowest BCUT2D eigenvalue weighted by molar-refractivity contribution is -0.147. The van der Waals surface area contributed by atoms with Crippen LogP contribution in [0.1, 0.15) is 17.0 Å². The maximum Gasteiger partial charge on any atom is 0.308 e. The van der Waals surface area contributed by atoms with Crippen molar-refractivity contribution >= 4 is 46.7 Å². The number of ether oxygens (including phenoxy) is 1. The van der Waals surface area contributed by atoms with Crippen molar-refractivity contribution in [3.05, 3.63) is 52.4 Å². The highest BCUT2D eigenvalue weighted by molar-refractivity contribution is 6.44. The van der Waals surface area contributed by atoms with Crippen LogP contribution in [0.15, 0.2) is 41.0 Å². The zero-order chi connectivity index (χ0) is 18.2. The van der Waals surface area contributed by atoms with E-state index in [1.54, 1.807) is 24.3 Å². The minimum atomic E-state index is -0.632. The number of carbonyl (C=O) groups excluding carboxylic acids is 3. The minimum Gasteiger partial charge on any atom is -0.459 e. The summed E-state index contributed by atoms with van der Waals surface area (Å²) in [6.07, 6.45) is 1.28. The fourth-order valence-corrected chi connectivity index (χ4v) is 2.13. The fraction of sp³-hybridized carbons (Fsp3) is 0.188. The molecule has 0 bridgehead atoms. The molecular weight excluding hydrogens is 371 g/mol. The third-order valence-electron chi connectivity index (χ3n) is 2.95. The molecule has 2 N–H and O–H groups in total. The lowest BCUT2D eigenvalue weighted by atomic mass is 10.3. The molecule has 1 heterocycles. The number of hydrogen-bond acceptors (Lipinski definition) is 5. The molecule has 9 heteroatoms. The Labute approximate surface area is 153 Å². The Balaban J connectivity index is 1.68. The van der Waals surface area contributed by atoms with Gasteiger partial charge in [0.05, 0.1) is 28.4 Å². The number of rotatable bonds is 7. The predicted octanol–water partition coefficient (Wildman–Crippen LogP) is 2.89. The van der Waals surface area contributed by atoms with E-state index in [2.05, 4.69) is 10.6 Å². The largest absolute Gasteiger partial charge is 0.459 e. The summed E-state index contributed by atoms with van der Waals surface area (Å²) >= 11 is 11.8. The minimum absolute atomic E-state index is 0.0557. The molecule has 2 amide bonds. The van der Waals surface area contributed by atoms with Gasteiger partial charge in [0, 0.05) is 6.54 Å². The maximum atomic E-state index is 11.7. The number of anilines is 1. The van der Waals surface area contributed by atoms with Crippen molar-refractivity contribution in [1.82, 2.24) is 5.32 Å². The van der Waals surface area contributed by atoms with Gasteiger partial charge in [-0.25, -0.2) is 0 Å². The zero-order valence-electron chi connectivity index (χ0n) is 12.9. The van der Waals surface area contributed by atoms with Crippen LogP contribution in [0.25, 0.3) is 0 Å². The van der Waals surface area contributed by atoms with E-state index < -0.39 is 24.4 Å². The summed E-state index contributed by atoms with van der Waals surface area (Å²) in [6, 6.07) is 7.85. The van der Waals surface area contributed by atoms with E-state index in [1.807, 2.05) is 0 Å². The molecule has 0 atom stereocenters. The summed E-state index contributed by atoms with van der Waals surface area (Å²) in [5.41, 5.74) is 0.320. The summed E-state index contributed by atoms with van der Waals surface area (Å²) in [6.45, 7) is -0.423. The van der Waals surface area contributed by atoms with Gasteiger partial charge in [0.15, 0.2) is 12.4 Å². The molecule has 2 rings (SSSR count). The van der Waals surface area contributed by atoms with E-state index in [9.17, 15) is 14.4 Å². The summed E-state index contributed by atoms with van der Waals surface area (Å²) < 4.78 is 9.72. The van der Waals surface area contributed by atoms with Gasteiger partial charge < -0.3 is 19.8 Å². The Morgan fingerprint density at radius 1 is 1.12 bits per heavy atom. The third-order valence-corrected chi connectivity index (χ3v) is 3.77. The lowest BCUT2D eigenvalue weighted by Crippen LogP contribution is -2.27. The number of nitrogens with one attached hydrogen (secondary N) is 2. The maximum absolute atomic E-state index is 11.7. The van der Waals surface area contributed by atoms with E-state index in [0.717, 1.165) is 0 Å². The van der Waals surface area contributed by atoms with Crippen LogP contribution in [0.2, 0.25) is 10.0 Å². The first-order chi connectivity index (χ1) is 12.0. The van der Waals surface area contributed by atoms with Gasteiger partial charge >= 0.3 is 5.97 Å². The molecule has 0 aliphatic heterocycles. The molecule has 25 heavy (non-hydrogen) atoms. The van der Waals surface area contributed by atoms with Gasteiger partial charge in [0.2, 0.25) is 0 Å². The average molecular weight is 385 g/mol. The predicted molar refractivity (Wildman–Crippen MR) is 91.7 cm³/mol. The molecule has 0 saturated carbocycles. The molecule has 0 unspecified atom stereocenters. The first-order valence-corrected chi connectivity index (χ1v) is 7.94. The molecule has 7 nitrogen and oxygen atoms in total. The summed E-state index contributed by atoms with van der Waals surface area (Å²) in [4.78, 5) is 34.9. The molecule has 0 fully saturated rings. The van der Waals surface area contributed by atoms with Crippen LogP contribution in [0.3, 0.4) is 0 Å². The fourth-order valence-electron chi connectivity index (χ4n) is 1.78. The van der Waals surface area contributed by atoms with E-state index >= 15 is 0 Å². The number of amides is 2. The van der Waals surface area contributed by atoms with Crippen molar-refractivity contribution in [1.29, 1.82) is 0 Å². The number of hydrogen-bond donors (Lipinski definition) is 2. The molecule has 0 aliphatic rings. The molecule has 0 radical (unpaired) electrons. The normalized spacial score (nSPS) is 10.2. The summed E-state index contributed by atoms with van der Waals surface area (Å²) in [5.74, 6) is -1.48. The molecule has 1 aromatic heterocycles. The Morgan fingerprint density at radius 3 is 2.64 bits per heavy atom. The van der Waals surface area contributed by atoms with Crippen LogP contribution >= 0.6 is 23.2 Å². The van der Waals surface area contributed by atoms with Crippen molar-refractivity contribution < 1.29 is 23.5 Å². The van der Waals surface area contributed by atoms with Gasteiger partial charge in [0.25, 0.3) is 11.8 Å². The van der Waals surface area contributed by atoms with Crippen molar-refractivity contribution in [3.8, 4) is 0 Å². The summed E-state index contributed by atoms with van der Waals surface area (Å²) in [5, 5.41) is 5.47. The second kappa shape index (κ2) is 9.10. The van der Waals surface area contributed by atoms with Crippen LogP contribution in [0.5, 0.6) is 0 Å². The van der Waals surface area contributed by atoms with Crippen LogP contribution in [-0.2, 0) is 14.3 Å². The third kappa shape index (κ3) is 5.81. The van der Waals surface area contributed by atoms with E-state index in [1.165, 1.54) is 12.3 Å². The lowest BCUT2D eigenvalue weighted by Gasteiger charge is -2.09. The first-order valence-electron chi connectivity index (χ1n) is 7.18. The van der Waals surface area contributed by atoms with Gasteiger partial charge in [-0.05, 0) is 24.3 Å². The van der Waals surface area contributed by atoms with Crippen molar-refractivity contribution in [2.75, 3.05) is 18.5 Å². The van der Waals surface area contributed by atoms with Gasteiger partial charge in [-0.1, -0.05) is 29.3 Å². The summed E-state index contributed by atoms with van der Waals surface area (Å²) in [7, 11) is 0. The van der Waals surface area contributed by atoms with Crippen LogP contribution in [0, 0.1) is 0 Å². The highest BCUT2D eigenvalue weighted by Gasteiger charge is 2.12. The van der Waals surface area contributed by atoms with Crippen LogP contribution in [0.4, 0.5) is 5.69 Å². The molecule has 0 aliphatic carbocycles. The molecular formula is C16H14Cl2N2O5. The Bertz CT molecular complexity index is 762. The number of carbonyl (C=O) groups is 3.